The number of sulfonamides is 1. The van der Waals surface area contributed by atoms with Crippen LogP contribution in [0.1, 0.15) is 22.3 Å². The third-order valence-electron chi connectivity index (χ3n) is 5.97. The van der Waals surface area contributed by atoms with Crippen LogP contribution in [0.5, 0.6) is 5.75 Å². The van der Waals surface area contributed by atoms with Crippen molar-refractivity contribution in [1.29, 1.82) is 0 Å². The molecule has 3 rings (SSSR count). The Balaban J connectivity index is 1.59. The molecule has 0 saturated carbocycles. The van der Waals surface area contributed by atoms with Gasteiger partial charge in [0, 0.05) is 32.7 Å². The van der Waals surface area contributed by atoms with Crippen molar-refractivity contribution in [2.75, 3.05) is 39.3 Å². The Morgan fingerprint density at radius 3 is 2.29 bits per heavy atom. The zero-order chi connectivity index (χ0) is 25.3. The quantitative estimate of drug-likeness (QED) is 0.597. The number of hydrogen-bond acceptors (Lipinski definition) is 5. The number of rotatable bonds is 7. The van der Waals surface area contributed by atoms with Gasteiger partial charge in [0.05, 0.1) is 10.6 Å². The highest BCUT2D eigenvalue weighted by Crippen LogP contribution is 2.34. The molecular weight excluding hydrogens is 493 g/mol. The number of halogens is 4. The predicted octanol–water partition coefficient (Wildman–Crippen LogP) is 4.03. The Morgan fingerprint density at radius 1 is 1.06 bits per heavy atom. The molecule has 6 nitrogen and oxygen atoms in total. The minimum Gasteiger partial charge on any atom is -0.490 e. The highest BCUT2D eigenvalue weighted by atomic mass is 35.5. The van der Waals surface area contributed by atoms with E-state index in [2.05, 4.69) is 0 Å². The lowest BCUT2D eigenvalue weighted by Crippen LogP contribution is -2.50. The van der Waals surface area contributed by atoms with Crippen LogP contribution < -0.4 is 4.74 Å². The molecule has 188 valence electrons. The van der Waals surface area contributed by atoms with E-state index in [1.807, 2.05) is 37.8 Å². The maximum atomic E-state index is 13.0. The number of hydrogen-bond donors (Lipinski definition) is 1. The minimum atomic E-state index is -4.68. The van der Waals surface area contributed by atoms with Gasteiger partial charge in [-0.15, -0.1) is 0 Å². The van der Waals surface area contributed by atoms with Gasteiger partial charge in [-0.1, -0.05) is 23.7 Å². The molecule has 11 heteroatoms. The van der Waals surface area contributed by atoms with Gasteiger partial charge in [-0.2, -0.15) is 17.5 Å². The van der Waals surface area contributed by atoms with Crippen molar-refractivity contribution in [1.82, 2.24) is 9.21 Å². The average molecular weight is 521 g/mol. The summed E-state index contributed by atoms with van der Waals surface area (Å²) in [6, 6.07) is 6.23. The van der Waals surface area contributed by atoms with Crippen LogP contribution >= 0.6 is 11.6 Å². The maximum absolute atomic E-state index is 13.0. The summed E-state index contributed by atoms with van der Waals surface area (Å²) in [5.41, 5.74) is 2.01. The van der Waals surface area contributed by atoms with E-state index in [9.17, 15) is 26.7 Å². The second kappa shape index (κ2) is 10.4. The van der Waals surface area contributed by atoms with Gasteiger partial charge in [-0.3, -0.25) is 4.90 Å². The van der Waals surface area contributed by atoms with Gasteiger partial charge in [-0.05, 0) is 55.7 Å². The molecule has 34 heavy (non-hydrogen) atoms. The van der Waals surface area contributed by atoms with Crippen LogP contribution in [0.25, 0.3) is 0 Å². The Kier molecular flexibility index (Phi) is 8.19. The van der Waals surface area contributed by atoms with E-state index in [0.717, 1.165) is 38.9 Å². The van der Waals surface area contributed by atoms with E-state index in [1.165, 1.54) is 0 Å². The van der Waals surface area contributed by atoms with Gasteiger partial charge < -0.3 is 9.84 Å². The molecule has 1 heterocycles. The van der Waals surface area contributed by atoms with E-state index in [4.69, 9.17) is 16.3 Å². The van der Waals surface area contributed by atoms with Crippen molar-refractivity contribution < 1.29 is 31.4 Å². The van der Waals surface area contributed by atoms with Crippen LogP contribution in [0.4, 0.5) is 13.2 Å². The monoisotopic (exact) mass is 520 g/mol. The minimum absolute atomic E-state index is 0.0680. The van der Waals surface area contributed by atoms with E-state index < -0.39 is 32.8 Å². The molecule has 0 amide bonds. The van der Waals surface area contributed by atoms with Crippen LogP contribution in [-0.4, -0.2) is 68.2 Å². The fourth-order valence-electron chi connectivity index (χ4n) is 3.85. The summed E-state index contributed by atoms with van der Waals surface area (Å²) in [6.07, 6.45) is -5.47. The normalized spacial score (nSPS) is 17.1. The average Bonchev–Trinajstić information content (AvgIpc) is 2.76. The second-order valence-electron chi connectivity index (χ2n) is 8.47. The number of aryl methyl sites for hydroxylation is 2. The fraction of sp³-hybridized carbons (Fsp3) is 0.478. The lowest BCUT2D eigenvalue weighted by Gasteiger charge is -2.35. The zero-order valence-electron chi connectivity index (χ0n) is 19.2. The molecule has 1 N–H and O–H groups in total. The molecule has 0 bridgehead atoms. The first-order valence-electron chi connectivity index (χ1n) is 10.8. The summed E-state index contributed by atoms with van der Waals surface area (Å²) in [5.74, 6) is 0.743. The maximum Gasteiger partial charge on any atom is 0.416 e. The van der Waals surface area contributed by atoms with Crippen molar-refractivity contribution in [3.8, 4) is 5.75 Å². The lowest BCUT2D eigenvalue weighted by atomic mass is 10.1. The standard InChI is InChI=1S/C23H28ClF3N2O4S/c1-15-4-5-16(2)22(17(15)3)33-14-19(30)13-28-8-10-29(11-9-28)34(31,32)21-12-18(23(25,26)27)6-7-20(21)24/h4-7,12,19,30H,8-11,13-14H2,1-3H3/t19-/m0/s1. The largest absolute Gasteiger partial charge is 0.490 e. The number of aliphatic hydroxyl groups is 1. The van der Waals surface area contributed by atoms with Crippen LogP contribution in [0.2, 0.25) is 5.02 Å². The van der Waals surface area contributed by atoms with Crippen LogP contribution in [0.3, 0.4) is 0 Å². The van der Waals surface area contributed by atoms with E-state index in [-0.39, 0.29) is 31.3 Å². The molecule has 0 aromatic heterocycles. The zero-order valence-corrected chi connectivity index (χ0v) is 20.8. The first kappa shape index (κ1) is 26.7. The number of nitrogens with zero attached hydrogens (tertiary/aromatic N) is 2. The first-order chi connectivity index (χ1) is 15.8. The molecule has 1 aliphatic rings. The lowest BCUT2D eigenvalue weighted by molar-refractivity contribution is -0.137. The van der Waals surface area contributed by atoms with Gasteiger partial charge in [-0.25, -0.2) is 8.42 Å². The number of benzene rings is 2. The summed E-state index contributed by atoms with van der Waals surface area (Å²) in [4.78, 5) is 1.33. The number of ether oxygens (including phenoxy) is 1. The van der Waals surface area contributed by atoms with Crippen LogP contribution in [-0.2, 0) is 16.2 Å². The van der Waals surface area contributed by atoms with Crippen molar-refractivity contribution in [2.45, 2.75) is 37.9 Å². The highest BCUT2D eigenvalue weighted by molar-refractivity contribution is 7.89. The van der Waals surface area contributed by atoms with Crippen molar-refractivity contribution >= 4 is 21.6 Å². The van der Waals surface area contributed by atoms with Gasteiger partial charge >= 0.3 is 6.18 Å². The van der Waals surface area contributed by atoms with Gasteiger partial charge in [0.1, 0.15) is 23.4 Å². The predicted molar refractivity (Wildman–Crippen MR) is 124 cm³/mol. The van der Waals surface area contributed by atoms with Crippen molar-refractivity contribution in [2.24, 2.45) is 0 Å². The molecule has 0 unspecified atom stereocenters. The number of aliphatic hydroxyl groups excluding tert-OH is 1. The second-order valence-corrected chi connectivity index (χ2v) is 10.8. The van der Waals surface area contributed by atoms with Crippen LogP contribution in [0.15, 0.2) is 35.2 Å². The third kappa shape index (κ3) is 6.04. The van der Waals surface area contributed by atoms with Gasteiger partial charge in [0.25, 0.3) is 0 Å². The highest BCUT2D eigenvalue weighted by Gasteiger charge is 2.35. The third-order valence-corrected chi connectivity index (χ3v) is 8.35. The first-order valence-corrected chi connectivity index (χ1v) is 12.6. The summed E-state index contributed by atoms with van der Waals surface area (Å²) in [6.45, 7) is 7.01. The van der Waals surface area contributed by atoms with Gasteiger partial charge in [0.15, 0.2) is 0 Å². The number of piperazine rings is 1. The molecule has 1 fully saturated rings. The molecule has 2 aromatic carbocycles. The summed E-state index contributed by atoms with van der Waals surface area (Å²) in [5, 5.41) is 10.2. The molecule has 0 spiro atoms. The SMILES string of the molecule is Cc1ccc(C)c(OC[C@@H](O)CN2CCN(S(=O)(=O)c3cc(C(F)(F)F)ccc3Cl)CC2)c1C. The Labute approximate surface area is 202 Å². The van der Waals surface area contributed by atoms with E-state index in [1.54, 1.807) is 0 Å². The fourth-order valence-corrected chi connectivity index (χ4v) is 5.77. The molecule has 2 aromatic rings. The Bertz CT molecular complexity index is 1130. The van der Waals surface area contributed by atoms with Crippen molar-refractivity contribution in [3.05, 3.63) is 57.6 Å². The molecule has 1 atom stereocenters. The van der Waals surface area contributed by atoms with E-state index >= 15 is 0 Å². The van der Waals surface area contributed by atoms with E-state index in [0.29, 0.717) is 19.2 Å². The molecular formula is C23H28ClF3N2O4S. The molecule has 0 radical (unpaired) electrons. The van der Waals surface area contributed by atoms with Crippen molar-refractivity contribution in [3.63, 3.8) is 0 Å². The molecule has 1 aliphatic heterocycles. The summed E-state index contributed by atoms with van der Waals surface area (Å²) < 4.78 is 72.0. The Morgan fingerprint density at radius 2 is 1.68 bits per heavy atom. The van der Waals surface area contributed by atoms with Crippen LogP contribution in [0, 0.1) is 20.8 Å². The topological polar surface area (TPSA) is 70.1 Å². The molecule has 0 aliphatic carbocycles. The number of β-amino-alcohol motifs (C(OH)–C–C–N with tert-alkyl or cyclic N) is 1. The number of alkyl halides is 3. The Hall–Kier alpha value is -1.85. The van der Waals surface area contributed by atoms with Gasteiger partial charge in [0.2, 0.25) is 10.0 Å². The smallest absolute Gasteiger partial charge is 0.416 e. The summed E-state index contributed by atoms with van der Waals surface area (Å²) >= 11 is 5.93. The molecule has 1 saturated heterocycles. The summed E-state index contributed by atoms with van der Waals surface area (Å²) in [7, 11) is -4.20.